The molecule has 1 unspecified atom stereocenters. The van der Waals surface area contributed by atoms with Crippen molar-refractivity contribution >= 4 is 5.91 Å². The normalized spacial score (nSPS) is 12.2. The molecule has 0 bridgehead atoms. The lowest BCUT2D eigenvalue weighted by atomic mass is 9.97. The largest absolute Gasteiger partial charge is 0.353 e. The summed E-state index contributed by atoms with van der Waals surface area (Å²) >= 11 is 0. The van der Waals surface area contributed by atoms with Crippen LogP contribution >= 0.6 is 0 Å². The number of carbonyl (C=O) groups is 1. The van der Waals surface area contributed by atoms with Crippen LogP contribution in [-0.2, 0) is 18.4 Å². The molecule has 0 radical (unpaired) electrons. The molecule has 112 valence electrons. The molecule has 0 saturated carbocycles. The van der Waals surface area contributed by atoms with Crippen LogP contribution in [0.2, 0.25) is 0 Å². The minimum atomic E-state index is 0.148. The van der Waals surface area contributed by atoms with Crippen LogP contribution in [0.3, 0.4) is 0 Å². The van der Waals surface area contributed by atoms with Crippen LogP contribution in [-0.4, -0.2) is 21.9 Å². The van der Waals surface area contributed by atoms with Gasteiger partial charge in [0.15, 0.2) is 0 Å². The van der Waals surface area contributed by atoms with Gasteiger partial charge in [-0.15, -0.1) is 6.58 Å². The Morgan fingerprint density at radius 2 is 2.25 bits per heavy atom. The fourth-order valence-corrected chi connectivity index (χ4v) is 2.46. The van der Waals surface area contributed by atoms with Crippen LogP contribution in [0.15, 0.2) is 31.0 Å². The molecule has 0 fully saturated rings. The second kappa shape index (κ2) is 8.62. The Morgan fingerprint density at radius 1 is 1.50 bits per heavy atom. The van der Waals surface area contributed by atoms with E-state index in [-0.39, 0.29) is 11.8 Å². The Kier molecular flexibility index (Phi) is 7.13. The number of carbonyl (C=O) groups excluding carboxylic acids is 1. The van der Waals surface area contributed by atoms with Crippen molar-refractivity contribution in [2.75, 3.05) is 6.54 Å². The molecule has 1 rings (SSSR count). The van der Waals surface area contributed by atoms with E-state index in [1.54, 1.807) is 0 Å². The Bertz CT molecular complexity index is 422. The van der Waals surface area contributed by atoms with E-state index < -0.39 is 0 Å². The average Bonchev–Trinajstić information content (AvgIpc) is 2.84. The summed E-state index contributed by atoms with van der Waals surface area (Å²) in [4.78, 5) is 14.6. The van der Waals surface area contributed by atoms with Gasteiger partial charge in [-0.05, 0) is 25.0 Å². The SMILES string of the molecule is C=CCN(Cc1cccn1C)C(=O)C(CC)CCCC. The summed E-state index contributed by atoms with van der Waals surface area (Å²) in [7, 11) is 2.01. The topological polar surface area (TPSA) is 25.2 Å². The van der Waals surface area contributed by atoms with Gasteiger partial charge in [0.1, 0.15) is 0 Å². The molecule has 1 heterocycles. The summed E-state index contributed by atoms with van der Waals surface area (Å²) in [6, 6.07) is 4.08. The lowest BCUT2D eigenvalue weighted by molar-refractivity contribution is -0.136. The third-order valence-corrected chi connectivity index (χ3v) is 3.81. The van der Waals surface area contributed by atoms with Crippen LogP contribution in [0.1, 0.15) is 45.2 Å². The minimum absolute atomic E-state index is 0.148. The summed E-state index contributed by atoms with van der Waals surface area (Å²) in [6.45, 7) is 9.34. The molecule has 0 aliphatic rings. The number of amides is 1. The number of hydrogen-bond donors (Lipinski definition) is 0. The van der Waals surface area contributed by atoms with Crippen molar-refractivity contribution in [1.82, 2.24) is 9.47 Å². The van der Waals surface area contributed by atoms with Crippen molar-refractivity contribution < 1.29 is 4.79 Å². The lowest BCUT2D eigenvalue weighted by Gasteiger charge is -2.26. The maximum absolute atomic E-state index is 12.7. The zero-order valence-corrected chi connectivity index (χ0v) is 13.1. The average molecular weight is 276 g/mol. The van der Waals surface area contributed by atoms with Crippen LogP contribution in [0.25, 0.3) is 0 Å². The summed E-state index contributed by atoms with van der Waals surface area (Å²) < 4.78 is 2.07. The van der Waals surface area contributed by atoms with Gasteiger partial charge in [0.25, 0.3) is 0 Å². The number of unbranched alkanes of at least 4 members (excludes halogenated alkanes) is 1. The Balaban J connectivity index is 2.75. The molecule has 3 nitrogen and oxygen atoms in total. The lowest BCUT2D eigenvalue weighted by Crippen LogP contribution is -2.36. The van der Waals surface area contributed by atoms with Gasteiger partial charge in [0.05, 0.1) is 6.54 Å². The van der Waals surface area contributed by atoms with E-state index in [9.17, 15) is 4.79 Å². The standard InChI is InChI=1S/C17H28N2O/c1-5-8-10-15(7-3)17(20)19(12-6-2)14-16-11-9-13-18(16)4/h6,9,11,13,15H,2,5,7-8,10,12,14H2,1,3-4H3. The van der Waals surface area contributed by atoms with Crippen molar-refractivity contribution in [3.05, 3.63) is 36.7 Å². The number of aryl methyl sites for hydroxylation is 1. The molecule has 1 aromatic heterocycles. The van der Waals surface area contributed by atoms with E-state index in [4.69, 9.17) is 0 Å². The number of aromatic nitrogens is 1. The maximum Gasteiger partial charge on any atom is 0.226 e. The van der Waals surface area contributed by atoms with Crippen LogP contribution in [0.5, 0.6) is 0 Å². The first kappa shape index (κ1) is 16.5. The van der Waals surface area contributed by atoms with Crippen molar-refractivity contribution in [3.63, 3.8) is 0 Å². The molecule has 0 aromatic carbocycles. The highest BCUT2D eigenvalue weighted by Gasteiger charge is 2.22. The zero-order valence-electron chi connectivity index (χ0n) is 13.1. The van der Waals surface area contributed by atoms with Gasteiger partial charge in [-0.3, -0.25) is 4.79 Å². The smallest absolute Gasteiger partial charge is 0.226 e. The molecular weight excluding hydrogens is 248 g/mol. The molecule has 1 aromatic rings. The molecule has 1 atom stereocenters. The van der Waals surface area contributed by atoms with Gasteiger partial charge < -0.3 is 9.47 Å². The fourth-order valence-electron chi connectivity index (χ4n) is 2.46. The van der Waals surface area contributed by atoms with Crippen molar-refractivity contribution in [1.29, 1.82) is 0 Å². The minimum Gasteiger partial charge on any atom is -0.353 e. The van der Waals surface area contributed by atoms with Gasteiger partial charge in [-0.1, -0.05) is 32.8 Å². The van der Waals surface area contributed by atoms with Crippen LogP contribution in [0, 0.1) is 5.92 Å². The molecule has 0 aliphatic carbocycles. The second-order valence-corrected chi connectivity index (χ2v) is 5.37. The van der Waals surface area contributed by atoms with Gasteiger partial charge in [0, 0.05) is 31.4 Å². The first-order valence-corrected chi connectivity index (χ1v) is 7.63. The molecule has 20 heavy (non-hydrogen) atoms. The van der Waals surface area contributed by atoms with Crippen molar-refractivity contribution in [2.24, 2.45) is 13.0 Å². The van der Waals surface area contributed by atoms with E-state index in [0.717, 1.165) is 31.4 Å². The summed E-state index contributed by atoms with van der Waals surface area (Å²) in [5, 5.41) is 0. The molecule has 0 N–H and O–H groups in total. The van der Waals surface area contributed by atoms with Crippen LogP contribution < -0.4 is 0 Å². The predicted molar refractivity (Wildman–Crippen MR) is 84.3 cm³/mol. The zero-order chi connectivity index (χ0) is 15.0. The Labute approximate surface area is 123 Å². The van der Waals surface area contributed by atoms with E-state index in [1.807, 2.05) is 30.3 Å². The van der Waals surface area contributed by atoms with Crippen molar-refractivity contribution in [2.45, 2.75) is 46.1 Å². The fraction of sp³-hybridized carbons (Fsp3) is 0.588. The van der Waals surface area contributed by atoms with E-state index in [2.05, 4.69) is 31.1 Å². The Morgan fingerprint density at radius 3 is 2.75 bits per heavy atom. The molecule has 0 aliphatic heterocycles. The molecule has 1 amide bonds. The highest BCUT2D eigenvalue weighted by molar-refractivity contribution is 5.78. The predicted octanol–water partition coefficient (Wildman–Crippen LogP) is 3.76. The van der Waals surface area contributed by atoms with Gasteiger partial charge in [-0.25, -0.2) is 0 Å². The first-order chi connectivity index (χ1) is 9.63. The van der Waals surface area contributed by atoms with E-state index in [1.165, 1.54) is 0 Å². The number of hydrogen-bond acceptors (Lipinski definition) is 1. The second-order valence-electron chi connectivity index (χ2n) is 5.37. The van der Waals surface area contributed by atoms with Crippen LogP contribution in [0.4, 0.5) is 0 Å². The quantitative estimate of drug-likeness (QED) is 0.630. The maximum atomic E-state index is 12.7. The van der Waals surface area contributed by atoms with Gasteiger partial charge in [0.2, 0.25) is 5.91 Å². The molecular formula is C17H28N2O. The van der Waals surface area contributed by atoms with E-state index in [0.29, 0.717) is 13.1 Å². The third-order valence-electron chi connectivity index (χ3n) is 3.81. The third kappa shape index (κ3) is 4.55. The first-order valence-electron chi connectivity index (χ1n) is 7.63. The van der Waals surface area contributed by atoms with E-state index >= 15 is 0 Å². The van der Waals surface area contributed by atoms with Crippen molar-refractivity contribution in [3.8, 4) is 0 Å². The number of rotatable bonds is 9. The molecule has 3 heteroatoms. The molecule has 0 spiro atoms. The monoisotopic (exact) mass is 276 g/mol. The Hall–Kier alpha value is -1.51. The van der Waals surface area contributed by atoms with Gasteiger partial charge >= 0.3 is 0 Å². The summed E-state index contributed by atoms with van der Waals surface area (Å²) in [6.07, 6.45) is 8.00. The number of nitrogens with zero attached hydrogens (tertiary/aromatic N) is 2. The molecule has 0 saturated heterocycles. The highest BCUT2D eigenvalue weighted by atomic mass is 16.2. The highest BCUT2D eigenvalue weighted by Crippen LogP contribution is 2.17. The summed E-state index contributed by atoms with van der Waals surface area (Å²) in [5.74, 6) is 0.414. The van der Waals surface area contributed by atoms with Gasteiger partial charge in [-0.2, -0.15) is 0 Å². The summed E-state index contributed by atoms with van der Waals surface area (Å²) in [5.41, 5.74) is 1.16.